The van der Waals surface area contributed by atoms with E-state index < -0.39 is 5.97 Å². The summed E-state index contributed by atoms with van der Waals surface area (Å²) in [5.74, 6) is -0.963. The lowest BCUT2D eigenvalue weighted by Gasteiger charge is -2.11. The maximum Gasteiger partial charge on any atom is 0.409 e. The van der Waals surface area contributed by atoms with E-state index in [0.717, 1.165) is 43.1 Å². The fourth-order valence-electron chi connectivity index (χ4n) is 2.88. The van der Waals surface area contributed by atoms with Crippen molar-refractivity contribution >= 4 is 23.0 Å². The third-order valence-corrected chi connectivity index (χ3v) is 4.23. The number of fused-ring (bicyclic) bond motifs is 1. The Morgan fingerprint density at radius 1 is 1.25 bits per heavy atom. The number of benzene rings is 1. The number of aryl methyl sites for hydroxylation is 1. The average Bonchev–Trinajstić information content (AvgIpc) is 2.99. The first-order valence-electron chi connectivity index (χ1n) is 8.17. The standard InChI is InChI=1S/C18H20N2O4/c21-17(22)15-11-14-6-5-13(10-16(14)19-12-15)4-2-1-3-7-20-8-9-24-18(20)23/h5-6,10-12H,1-4,7-9H2,(H,21,22). The van der Waals surface area contributed by atoms with Crippen LogP contribution in [0.1, 0.15) is 35.2 Å². The van der Waals surface area contributed by atoms with Gasteiger partial charge >= 0.3 is 12.1 Å². The van der Waals surface area contributed by atoms with Gasteiger partial charge in [-0.05, 0) is 37.0 Å². The number of hydrogen-bond acceptors (Lipinski definition) is 4. The molecule has 0 atom stereocenters. The van der Waals surface area contributed by atoms with Gasteiger partial charge in [-0.25, -0.2) is 9.59 Å². The summed E-state index contributed by atoms with van der Waals surface area (Å²) in [6, 6.07) is 7.60. The molecule has 2 heterocycles. The molecule has 0 unspecified atom stereocenters. The zero-order valence-corrected chi connectivity index (χ0v) is 13.4. The van der Waals surface area contributed by atoms with Crippen LogP contribution in [-0.2, 0) is 11.2 Å². The molecular formula is C18H20N2O4. The predicted molar refractivity (Wildman–Crippen MR) is 89.2 cm³/mol. The van der Waals surface area contributed by atoms with Crippen molar-refractivity contribution in [2.75, 3.05) is 19.7 Å². The van der Waals surface area contributed by atoms with Crippen LogP contribution in [0.2, 0.25) is 0 Å². The molecule has 1 N–H and O–H groups in total. The molecular weight excluding hydrogens is 308 g/mol. The van der Waals surface area contributed by atoms with Gasteiger partial charge in [0.1, 0.15) is 6.61 Å². The minimum Gasteiger partial charge on any atom is -0.478 e. The lowest BCUT2D eigenvalue weighted by Crippen LogP contribution is -2.25. The maximum atomic E-state index is 11.3. The molecule has 3 rings (SSSR count). The second-order valence-corrected chi connectivity index (χ2v) is 5.97. The lowest BCUT2D eigenvalue weighted by molar-refractivity contribution is 0.0696. The normalized spacial score (nSPS) is 14.2. The zero-order valence-electron chi connectivity index (χ0n) is 13.4. The molecule has 126 valence electrons. The van der Waals surface area contributed by atoms with E-state index in [4.69, 9.17) is 9.84 Å². The number of nitrogens with zero attached hydrogens (tertiary/aromatic N) is 2. The largest absolute Gasteiger partial charge is 0.478 e. The minimum absolute atomic E-state index is 0.198. The molecule has 0 radical (unpaired) electrons. The second-order valence-electron chi connectivity index (χ2n) is 5.97. The predicted octanol–water partition coefficient (Wildman–Crippen LogP) is 3.10. The Kier molecular flexibility index (Phi) is 4.93. The van der Waals surface area contributed by atoms with Crippen LogP contribution in [0.25, 0.3) is 10.9 Å². The van der Waals surface area contributed by atoms with Gasteiger partial charge in [-0.2, -0.15) is 0 Å². The molecule has 1 aromatic heterocycles. The minimum atomic E-state index is -0.963. The molecule has 24 heavy (non-hydrogen) atoms. The molecule has 1 aromatic carbocycles. The first-order valence-corrected chi connectivity index (χ1v) is 8.17. The molecule has 2 aromatic rings. The Hall–Kier alpha value is -2.63. The Labute approximate surface area is 140 Å². The van der Waals surface area contributed by atoms with Crippen LogP contribution < -0.4 is 0 Å². The van der Waals surface area contributed by atoms with Crippen LogP contribution in [0.5, 0.6) is 0 Å². The molecule has 0 spiro atoms. The number of aromatic carboxylic acids is 1. The van der Waals surface area contributed by atoms with Crippen molar-refractivity contribution < 1.29 is 19.4 Å². The molecule has 1 fully saturated rings. The summed E-state index contributed by atoms with van der Waals surface area (Å²) in [4.78, 5) is 28.2. The van der Waals surface area contributed by atoms with Crippen LogP contribution >= 0.6 is 0 Å². The lowest BCUT2D eigenvalue weighted by atomic mass is 10.0. The quantitative estimate of drug-likeness (QED) is 0.790. The summed E-state index contributed by atoms with van der Waals surface area (Å²) >= 11 is 0. The number of amides is 1. The summed E-state index contributed by atoms with van der Waals surface area (Å²) in [5, 5.41) is 9.83. The van der Waals surface area contributed by atoms with Crippen molar-refractivity contribution in [1.29, 1.82) is 0 Å². The number of carboxylic acids is 1. The highest BCUT2D eigenvalue weighted by molar-refractivity contribution is 5.92. The number of ether oxygens (including phenoxy) is 1. The van der Waals surface area contributed by atoms with Crippen molar-refractivity contribution in [3.05, 3.63) is 41.6 Å². The van der Waals surface area contributed by atoms with Gasteiger partial charge in [-0.15, -0.1) is 0 Å². The van der Waals surface area contributed by atoms with Gasteiger partial charge in [0.05, 0.1) is 17.6 Å². The molecule has 0 aliphatic carbocycles. The number of carboxylic acid groups (broad SMARTS) is 1. The van der Waals surface area contributed by atoms with Crippen LogP contribution in [0.15, 0.2) is 30.5 Å². The van der Waals surface area contributed by atoms with Crippen molar-refractivity contribution in [3.63, 3.8) is 0 Å². The molecule has 6 nitrogen and oxygen atoms in total. The van der Waals surface area contributed by atoms with E-state index in [-0.39, 0.29) is 11.7 Å². The van der Waals surface area contributed by atoms with Crippen molar-refractivity contribution in [1.82, 2.24) is 9.88 Å². The van der Waals surface area contributed by atoms with Crippen molar-refractivity contribution in [2.24, 2.45) is 0 Å². The number of cyclic esters (lactones) is 1. The molecule has 1 amide bonds. The number of carbonyl (C=O) groups is 2. The third-order valence-electron chi connectivity index (χ3n) is 4.23. The van der Waals surface area contributed by atoms with Gasteiger partial charge < -0.3 is 14.7 Å². The van der Waals surface area contributed by atoms with Crippen LogP contribution in [-0.4, -0.2) is 46.7 Å². The molecule has 0 saturated carbocycles. The Bertz CT molecular complexity index is 760. The molecule has 1 aliphatic rings. The Morgan fingerprint density at radius 3 is 2.88 bits per heavy atom. The maximum absolute atomic E-state index is 11.3. The van der Waals surface area contributed by atoms with E-state index in [9.17, 15) is 9.59 Å². The van der Waals surface area contributed by atoms with Crippen molar-refractivity contribution in [3.8, 4) is 0 Å². The first kappa shape index (κ1) is 16.2. The van der Waals surface area contributed by atoms with Gasteiger partial charge in [-0.3, -0.25) is 4.98 Å². The summed E-state index contributed by atoms with van der Waals surface area (Å²) in [6.07, 6.45) is 5.21. The number of aromatic nitrogens is 1. The highest BCUT2D eigenvalue weighted by Crippen LogP contribution is 2.17. The van der Waals surface area contributed by atoms with Crippen LogP contribution in [0, 0.1) is 0 Å². The molecule has 0 bridgehead atoms. The topological polar surface area (TPSA) is 79.7 Å². The summed E-state index contributed by atoms with van der Waals surface area (Å²) in [5.41, 5.74) is 2.21. The van der Waals surface area contributed by atoms with Crippen molar-refractivity contribution in [2.45, 2.75) is 25.7 Å². The van der Waals surface area contributed by atoms with Gasteiger partial charge in [0.25, 0.3) is 0 Å². The molecule has 1 saturated heterocycles. The van der Waals surface area contributed by atoms with E-state index in [1.807, 2.05) is 18.2 Å². The van der Waals surface area contributed by atoms with E-state index in [0.29, 0.717) is 13.2 Å². The van der Waals surface area contributed by atoms with Gasteiger partial charge in [0, 0.05) is 18.1 Å². The summed E-state index contributed by atoms with van der Waals surface area (Å²) in [7, 11) is 0. The van der Waals surface area contributed by atoms with E-state index >= 15 is 0 Å². The Morgan fingerprint density at radius 2 is 2.12 bits per heavy atom. The first-order chi connectivity index (χ1) is 11.6. The number of carbonyl (C=O) groups excluding carboxylic acids is 1. The van der Waals surface area contributed by atoms with Gasteiger partial charge in [0.2, 0.25) is 0 Å². The number of hydrogen-bond donors (Lipinski definition) is 1. The fourth-order valence-corrected chi connectivity index (χ4v) is 2.88. The summed E-state index contributed by atoms with van der Waals surface area (Å²) in [6.45, 7) is 1.97. The zero-order chi connectivity index (χ0) is 16.9. The van der Waals surface area contributed by atoms with Gasteiger partial charge in [-0.1, -0.05) is 18.6 Å². The smallest absolute Gasteiger partial charge is 0.409 e. The van der Waals surface area contributed by atoms with Crippen LogP contribution in [0.3, 0.4) is 0 Å². The SMILES string of the molecule is O=C(O)c1cnc2cc(CCCCCN3CCOC3=O)ccc2c1. The fraction of sp³-hybridized carbons (Fsp3) is 0.389. The number of rotatable bonds is 7. The Balaban J connectivity index is 1.49. The van der Waals surface area contributed by atoms with E-state index in [1.165, 1.54) is 11.8 Å². The van der Waals surface area contributed by atoms with Gasteiger partial charge in [0.15, 0.2) is 0 Å². The van der Waals surface area contributed by atoms with E-state index in [2.05, 4.69) is 4.98 Å². The number of pyridine rings is 1. The summed E-state index contributed by atoms with van der Waals surface area (Å²) < 4.78 is 4.90. The van der Waals surface area contributed by atoms with E-state index in [1.54, 1.807) is 11.0 Å². The number of unbranched alkanes of at least 4 members (excludes halogenated alkanes) is 2. The van der Waals surface area contributed by atoms with Crippen LogP contribution in [0.4, 0.5) is 4.79 Å². The molecule has 6 heteroatoms. The monoisotopic (exact) mass is 328 g/mol. The third kappa shape index (κ3) is 3.82. The second kappa shape index (κ2) is 7.29. The molecule has 1 aliphatic heterocycles. The average molecular weight is 328 g/mol. The highest BCUT2D eigenvalue weighted by atomic mass is 16.6. The highest BCUT2D eigenvalue weighted by Gasteiger charge is 2.20.